The third kappa shape index (κ3) is 1.20. The lowest BCUT2D eigenvalue weighted by molar-refractivity contribution is 0.262. The monoisotopic (exact) mass is 138 g/mol. The second-order valence-corrected chi connectivity index (χ2v) is 3.53. The van der Waals surface area contributed by atoms with Gasteiger partial charge < -0.3 is 5.32 Å². The summed E-state index contributed by atoms with van der Waals surface area (Å²) < 4.78 is 0. The summed E-state index contributed by atoms with van der Waals surface area (Å²) in [6.45, 7) is 1.26. The molecule has 1 heteroatoms. The fourth-order valence-electron chi connectivity index (χ4n) is 2.25. The molecule has 2 atom stereocenters. The van der Waals surface area contributed by atoms with Gasteiger partial charge in [0.25, 0.3) is 0 Å². The molecule has 10 heavy (non-hydrogen) atoms. The van der Waals surface area contributed by atoms with Gasteiger partial charge in [-0.2, -0.15) is 0 Å². The lowest BCUT2D eigenvalue weighted by atomic mass is 9.80. The average molecular weight is 138 g/mol. The second kappa shape index (κ2) is 2.91. The molecule has 1 N–H and O–H groups in total. The first kappa shape index (κ1) is 6.66. The summed E-state index contributed by atoms with van der Waals surface area (Å²) in [6, 6.07) is 0.850. The lowest BCUT2D eigenvalue weighted by Gasteiger charge is -2.35. The largest absolute Gasteiger partial charge is 0.314 e. The van der Waals surface area contributed by atoms with Crippen molar-refractivity contribution >= 4 is 0 Å². The van der Waals surface area contributed by atoms with Gasteiger partial charge in [-0.25, -0.2) is 0 Å². The van der Waals surface area contributed by atoms with E-state index < -0.39 is 0 Å². The molecule has 0 bridgehead atoms. The summed E-state index contributed by atoms with van der Waals surface area (Å²) in [5.74, 6) is 0.919. The van der Waals surface area contributed by atoms with Crippen LogP contribution in [0.4, 0.5) is 0 Å². The zero-order valence-electron chi connectivity index (χ0n) is 6.47. The van der Waals surface area contributed by atoms with E-state index in [4.69, 9.17) is 0 Å². The Morgan fingerprint density at radius 1 is 1.20 bits per heavy atom. The molecule has 1 saturated heterocycles. The lowest BCUT2D eigenvalue weighted by Crippen LogP contribution is -2.43. The van der Waals surface area contributed by atoms with Crippen molar-refractivity contribution in [2.45, 2.75) is 38.1 Å². The standard InChI is InChI=1S/C9H16N/c1-2-6-9-8(4-1)5-3-7-10-9/h4,8-10H,1-3,5-7H2. The van der Waals surface area contributed by atoms with E-state index in [1.54, 1.807) is 0 Å². The molecular weight excluding hydrogens is 122 g/mol. The first-order valence-electron chi connectivity index (χ1n) is 4.53. The van der Waals surface area contributed by atoms with Crippen molar-refractivity contribution in [1.82, 2.24) is 5.32 Å². The Bertz CT molecular complexity index is 85.3. The van der Waals surface area contributed by atoms with Gasteiger partial charge in [0.2, 0.25) is 0 Å². The minimum absolute atomic E-state index is 0.850. The zero-order valence-corrected chi connectivity index (χ0v) is 6.47. The van der Waals surface area contributed by atoms with Crippen molar-refractivity contribution in [1.29, 1.82) is 0 Å². The summed E-state index contributed by atoms with van der Waals surface area (Å²) in [7, 11) is 0. The van der Waals surface area contributed by atoms with Crippen molar-refractivity contribution in [2.75, 3.05) is 6.54 Å². The molecular formula is C9H16N. The van der Waals surface area contributed by atoms with Crippen molar-refractivity contribution in [3.05, 3.63) is 6.42 Å². The normalized spacial score (nSPS) is 40.8. The molecule has 2 unspecified atom stereocenters. The minimum atomic E-state index is 0.850. The van der Waals surface area contributed by atoms with Crippen molar-refractivity contribution in [2.24, 2.45) is 5.92 Å². The van der Waals surface area contributed by atoms with Crippen molar-refractivity contribution < 1.29 is 0 Å². The third-order valence-electron chi connectivity index (χ3n) is 2.83. The van der Waals surface area contributed by atoms with E-state index in [0.29, 0.717) is 0 Å². The molecule has 1 aliphatic heterocycles. The number of hydrogen-bond donors (Lipinski definition) is 1. The van der Waals surface area contributed by atoms with Gasteiger partial charge in [0.15, 0.2) is 0 Å². The van der Waals surface area contributed by atoms with Crippen LogP contribution in [0.25, 0.3) is 0 Å². The fourth-order valence-corrected chi connectivity index (χ4v) is 2.25. The molecule has 0 amide bonds. The fraction of sp³-hybridized carbons (Fsp3) is 0.889. The van der Waals surface area contributed by atoms with E-state index in [1.165, 1.54) is 38.6 Å². The van der Waals surface area contributed by atoms with Crippen LogP contribution in [0.3, 0.4) is 0 Å². The van der Waals surface area contributed by atoms with Crippen LogP contribution in [0.5, 0.6) is 0 Å². The number of hydrogen-bond acceptors (Lipinski definition) is 1. The molecule has 57 valence electrons. The van der Waals surface area contributed by atoms with E-state index in [9.17, 15) is 0 Å². The van der Waals surface area contributed by atoms with Crippen LogP contribution < -0.4 is 5.32 Å². The van der Waals surface area contributed by atoms with Gasteiger partial charge in [-0.05, 0) is 44.6 Å². The van der Waals surface area contributed by atoms with Gasteiger partial charge in [-0.15, -0.1) is 0 Å². The van der Waals surface area contributed by atoms with Crippen LogP contribution in [0, 0.1) is 12.3 Å². The van der Waals surface area contributed by atoms with Crippen molar-refractivity contribution in [3.8, 4) is 0 Å². The van der Waals surface area contributed by atoms with Gasteiger partial charge in [-0.1, -0.05) is 6.42 Å². The van der Waals surface area contributed by atoms with Crippen LogP contribution in [0.2, 0.25) is 0 Å². The van der Waals surface area contributed by atoms with E-state index in [1.807, 2.05) is 0 Å². The Kier molecular flexibility index (Phi) is 1.94. The third-order valence-corrected chi connectivity index (χ3v) is 2.83. The van der Waals surface area contributed by atoms with E-state index in [2.05, 4.69) is 11.7 Å². The van der Waals surface area contributed by atoms with E-state index in [-0.39, 0.29) is 0 Å². The van der Waals surface area contributed by atoms with Crippen molar-refractivity contribution in [3.63, 3.8) is 0 Å². The molecule has 2 aliphatic rings. The summed E-state index contributed by atoms with van der Waals surface area (Å²) in [6.07, 6.45) is 9.55. The van der Waals surface area contributed by atoms with Gasteiger partial charge in [-0.3, -0.25) is 0 Å². The van der Waals surface area contributed by atoms with Crippen LogP contribution >= 0.6 is 0 Å². The Balaban J connectivity index is 1.93. The average Bonchev–Trinajstić information content (AvgIpc) is 2.05. The van der Waals surface area contributed by atoms with Crippen LogP contribution in [-0.2, 0) is 0 Å². The van der Waals surface area contributed by atoms with E-state index in [0.717, 1.165) is 12.0 Å². The molecule has 1 nitrogen and oxygen atoms in total. The number of nitrogens with one attached hydrogen (secondary N) is 1. The molecule has 0 aromatic carbocycles. The predicted octanol–water partition coefficient (Wildman–Crippen LogP) is 1.74. The maximum Gasteiger partial charge on any atom is 0.00980 e. The van der Waals surface area contributed by atoms with Gasteiger partial charge in [0.1, 0.15) is 0 Å². The second-order valence-electron chi connectivity index (χ2n) is 3.53. The van der Waals surface area contributed by atoms with Gasteiger partial charge in [0, 0.05) is 6.04 Å². The molecule has 1 heterocycles. The quantitative estimate of drug-likeness (QED) is 0.537. The predicted molar refractivity (Wildman–Crippen MR) is 42.7 cm³/mol. The maximum absolute atomic E-state index is 3.59. The minimum Gasteiger partial charge on any atom is -0.314 e. The highest BCUT2D eigenvalue weighted by atomic mass is 14.9. The molecule has 2 fully saturated rings. The summed E-state index contributed by atoms with van der Waals surface area (Å²) in [5, 5.41) is 3.59. The number of piperidine rings is 1. The summed E-state index contributed by atoms with van der Waals surface area (Å²) >= 11 is 0. The van der Waals surface area contributed by atoms with Crippen LogP contribution in [0.15, 0.2) is 0 Å². The van der Waals surface area contributed by atoms with Crippen LogP contribution in [0.1, 0.15) is 32.1 Å². The maximum atomic E-state index is 3.59. The molecule has 0 aromatic rings. The van der Waals surface area contributed by atoms with Gasteiger partial charge >= 0.3 is 0 Å². The first-order chi connectivity index (χ1) is 4.97. The number of rotatable bonds is 0. The smallest absolute Gasteiger partial charge is 0.00980 e. The summed E-state index contributed by atoms with van der Waals surface area (Å²) in [4.78, 5) is 0. The van der Waals surface area contributed by atoms with E-state index >= 15 is 0 Å². The molecule has 0 spiro atoms. The Hall–Kier alpha value is -0.0400. The molecule has 2 rings (SSSR count). The Labute approximate surface area is 63.2 Å². The first-order valence-corrected chi connectivity index (χ1v) is 4.53. The molecule has 1 radical (unpaired) electrons. The molecule has 1 saturated carbocycles. The highest BCUT2D eigenvalue weighted by molar-refractivity contribution is 4.93. The molecule has 1 aliphatic carbocycles. The topological polar surface area (TPSA) is 12.0 Å². The number of fused-ring (bicyclic) bond motifs is 1. The Morgan fingerprint density at radius 2 is 2.20 bits per heavy atom. The highest BCUT2D eigenvalue weighted by Gasteiger charge is 2.26. The Morgan fingerprint density at radius 3 is 3.10 bits per heavy atom. The SMILES string of the molecule is [CH]1CCCC2NCCCC12. The zero-order chi connectivity index (χ0) is 6.81. The summed E-state index contributed by atoms with van der Waals surface area (Å²) in [5.41, 5.74) is 0. The van der Waals surface area contributed by atoms with Gasteiger partial charge in [0.05, 0.1) is 0 Å². The molecule has 0 aromatic heterocycles. The van der Waals surface area contributed by atoms with Crippen LogP contribution in [-0.4, -0.2) is 12.6 Å². The highest BCUT2D eigenvalue weighted by Crippen LogP contribution is 2.29.